The number of nitrogens with zero attached hydrogens (tertiary/aromatic N) is 4. The van der Waals surface area contributed by atoms with Gasteiger partial charge in [-0.2, -0.15) is 5.26 Å². The minimum Gasteiger partial charge on any atom is -0.383 e. The van der Waals surface area contributed by atoms with Crippen LogP contribution in [0.25, 0.3) is 0 Å². The lowest BCUT2D eigenvalue weighted by molar-refractivity contribution is 0.0952. The van der Waals surface area contributed by atoms with E-state index >= 15 is 0 Å². The zero-order valence-corrected chi connectivity index (χ0v) is 12.6. The fraction of sp³-hybridized carbons (Fsp3) is 0.571. The van der Waals surface area contributed by atoms with Crippen LogP contribution < -0.4 is 4.90 Å². The van der Waals surface area contributed by atoms with Gasteiger partial charge in [0.2, 0.25) is 0 Å². The highest BCUT2D eigenvalue weighted by molar-refractivity contribution is 6.31. The van der Waals surface area contributed by atoms with Gasteiger partial charge in [0.1, 0.15) is 11.9 Å². The lowest BCUT2D eigenvalue weighted by atomic mass is 10.2. The molecule has 1 unspecified atom stereocenters. The highest BCUT2D eigenvalue weighted by Gasteiger charge is 2.22. The average molecular weight is 295 g/mol. The molecule has 108 valence electrons. The van der Waals surface area contributed by atoms with E-state index in [0.717, 1.165) is 38.6 Å². The van der Waals surface area contributed by atoms with Crippen LogP contribution in [0.1, 0.15) is 12.6 Å². The van der Waals surface area contributed by atoms with E-state index in [4.69, 9.17) is 21.6 Å². The fourth-order valence-corrected chi connectivity index (χ4v) is 2.57. The Bertz CT molecular complexity index is 494. The van der Waals surface area contributed by atoms with E-state index in [0.29, 0.717) is 16.8 Å². The number of aromatic nitrogens is 1. The molecule has 0 saturated carbocycles. The molecule has 1 atom stereocenters. The molecule has 0 bridgehead atoms. The summed E-state index contributed by atoms with van der Waals surface area (Å²) in [5.41, 5.74) is 0.291. The molecule has 1 aliphatic heterocycles. The van der Waals surface area contributed by atoms with Crippen molar-refractivity contribution in [1.82, 2.24) is 9.88 Å². The van der Waals surface area contributed by atoms with Crippen molar-refractivity contribution in [2.45, 2.75) is 13.0 Å². The van der Waals surface area contributed by atoms with Gasteiger partial charge in [-0.15, -0.1) is 0 Å². The first-order valence-corrected chi connectivity index (χ1v) is 7.08. The van der Waals surface area contributed by atoms with Crippen molar-refractivity contribution in [3.63, 3.8) is 0 Å². The predicted octanol–water partition coefficient (Wildman–Crippen LogP) is 1.76. The van der Waals surface area contributed by atoms with Crippen LogP contribution in [-0.4, -0.2) is 55.8 Å². The van der Waals surface area contributed by atoms with Crippen molar-refractivity contribution >= 4 is 17.4 Å². The molecule has 1 aromatic rings. The summed E-state index contributed by atoms with van der Waals surface area (Å²) in [4.78, 5) is 8.90. The Morgan fingerprint density at radius 1 is 1.40 bits per heavy atom. The van der Waals surface area contributed by atoms with Crippen molar-refractivity contribution < 1.29 is 4.74 Å². The third kappa shape index (κ3) is 3.40. The Morgan fingerprint density at radius 3 is 2.70 bits per heavy atom. The lowest BCUT2D eigenvalue weighted by Gasteiger charge is -2.38. The summed E-state index contributed by atoms with van der Waals surface area (Å²) in [5.74, 6) is 0.824. The third-order valence-corrected chi connectivity index (χ3v) is 3.91. The molecule has 2 rings (SSSR count). The van der Waals surface area contributed by atoms with Crippen LogP contribution >= 0.6 is 11.6 Å². The molecule has 1 fully saturated rings. The van der Waals surface area contributed by atoms with Crippen LogP contribution in [0, 0.1) is 11.3 Å². The van der Waals surface area contributed by atoms with E-state index in [1.807, 2.05) is 12.1 Å². The first kappa shape index (κ1) is 15.0. The molecule has 6 heteroatoms. The summed E-state index contributed by atoms with van der Waals surface area (Å²) < 4.78 is 5.19. The molecule has 5 nitrogen and oxygen atoms in total. The van der Waals surface area contributed by atoms with Crippen LogP contribution in [-0.2, 0) is 4.74 Å². The van der Waals surface area contributed by atoms with Crippen LogP contribution in [0.4, 0.5) is 5.82 Å². The number of anilines is 1. The van der Waals surface area contributed by atoms with E-state index < -0.39 is 0 Å². The molecule has 0 spiro atoms. The first-order valence-electron chi connectivity index (χ1n) is 6.70. The van der Waals surface area contributed by atoms with Crippen molar-refractivity contribution in [2.75, 3.05) is 44.8 Å². The van der Waals surface area contributed by atoms with Gasteiger partial charge >= 0.3 is 0 Å². The molecule has 0 aromatic carbocycles. The predicted molar refractivity (Wildman–Crippen MR) is 79.1 cm³/mol. The van der Waals surface area contributed by atoms with Crippen molar-refractivity contribution in [2.24, 2.45) is 0 Å². The number of piperazine rings is 1. The van der Waals surface area contributed by atoms with E-state index in [1.165, 1.54) is 0 Å². The molecule has 20 heavy (non-hydrogen) atoms. The average Bonchev–Trinajstić information content (AvgIpc) is 2.48. The molecule has 0 N–H and O–H groups in total. The van der Waals surface area contributed by atoms with Crippen LogP contribution in [0.2, 0.25) is 5.02 Å². The monoisotopic (exact) mass is 294 g/mol. The summed E-state index contributed by atoms with van der Waals surface area (Å²) in [6, 6.07) is 6.06. The van der Waals surface area contributed by atoms with Gasteiger partial charge in [0, 0.05) is 39.3 Å². The Morgan fingerprint density at radius 2 is 2.10 bits per heavy atom. The minimum absolute atomic E-state index is 0.291. The van der Waals surface area contributed by atoms with Crippen molar-refractivity contribution in [3.8, 4) is 6.07 Å². The smallest absolute Gasteiger partial charge is 0.161 e. The highest BCUT2D eigenvalue weighted by Crippen LogP contribution is 2.20. The van der Waals surface area contributed by atoms with Crippen molar-refractivity contribution in [1.29, 1.82) is 5.26 Å². The quantitative estimate of drug-likeness (QED) is 0.847. The van der Waals surface area contributed by atoms with Gasteiger partial charge in [-0.05, 0) is 19.1 Å². The Hall–Kier alpha value is -1.35. The second kappa shape index (κ2) is 6.89. The molecular formula is C14H19ClN4O. The maximum atomic E-state index is 8.98. The summed E-state index contributed by atoms with van der Waals surface area (Å²) in [5, 5.41) is 9.38. The summed E-state index contributed by atoms with van der Waals surface area (Å²) in [6.07, 6.45) is 0. The van der Waals surface area contributed by atoms with E-state index in [9.17, 15) is 0 Å². The van der Waals surface area contributed by atoms with Gasteiger partial charge in [0.25, 0.3) is 0 Å². The number of ether oxygens (including phenoxy) is 1. The Kier molecular flexibility index (Phi) is 5.18. The van der Waals surface area contributed by atoms with Gasteiger partial charge < -0.3 is 9.64 Å². The number of halogens is 1. The van der Waals surface area contributed by atoms with Gasteiger partial charge in [-0.1, -0.05) is 11.6 Å². The number of hydrogen-bond donors (Lipinski definition) is 0. The zero-order valence-electron chi connectivity index (χ0n) is 11.8. The fourth-order valence-electron chi connectivity index (χ4n) is 2.42. The van der Waals surface area contributed by atoms with E-state index in [1.54, 1.807) is 13.2 Å². The van der Waals surface area contributed by atoms with Gasteiger partial charge in [-0.3, -0.25) is 4.90 Å². The molecule has 2 heterocycles. The maximum Gasteiger partial charge on any atom is 0.161 e. The number of hydrogen-bond acceptors (Lipinski definition) is 5. The van der Waals surface area contributed by atoms with Gasteiger partial charge in [0.05, 0.1) is 11.6 Å². The number of pyridine rings is 1. The second-order valence-electron chi connectivity index (χ2n) is 4.94. The maximum absolute atomic E-state index is 8.98. The van der Waals surface area contributed by atoms with Crippen LogP contribution in [0.3, 0.4) is 0 Å². The Labute approximate surface area is 124 Å². The highest BCUT2D eigenvalue weighted by atomic mass is 35.5. The topological polar surface area (TPSA) is 52.4 Å². The third-order valence-electron chi connectivity index (χ3n) is 3.61. The largest absolute Gasteiger partial charge is 0.383 e. The SMILES string of the molecule is COCC(C)N1CCN(c2ccc(Cl)c(C#N)n2)CC1. The zero-order chi connectivity index (χ0) is 14.5. The summed E-state index contributed by atoms with van der Waals surface area (Å²) in [7, 11) is 1.73. The first-order chi connectivity index (χ1) is 9.65. The minimum atomic E-state index is 0.291. The molecule has 0 aliphatic carbocycles. The molecule has 1 aliphatic rings. The van der Waals surface area contributed by atoms with Gasteiger partial charge in [0.15, 0.2) is 5.69 Å². The number of rotatable bonds is 4. The Balaban J connectivity index is 1.99. The normalized spacial score (nSPS) is 17.8. The second-order valence-corrected chi connectivity index (χ2v) is 5.35. The van der Waals surface area contributed by atoms with Gasteiger partial charge in [-0.25, -0.2) is 4.98 Å². The molecule has 0 radical (unpaired) electrons. The number of methoxy groups -OCH3 is 1. The molecule has 1 aromatic heterocycles. The standard InChI is InChI=1S/C14H19ClN4O/c1-11(10-20-2)18-5-7-19(8-6-18)14-4-3-12(15)13(9-16)17-14/h3-4,11H,5-8,10H2,1-2H3. The summed E-state index contributed by atoms with van der Waals surface area (Å²) >= 11 is 5.91. The molecule has 1 saturated heterocycles. The van der Waals surface area contributed by atoms with E-state index in [2.05, 4.69) is 21.7 Å². The number of nitriles is 1. The van der Waals surface area contributed by atoms with Crippen molar-refractivity contribution in [3.05, 3.63) is 22.8 Å². The van der Waals surface area contributed by atoms with E-state index in [-0.39, 0.29) is 0 Å². The lowest BCUT2D eigenvalue weighted by Crippen LogP contribution is -2.51. The van der Waals surface area contributed by atoms with Crippen LogP contribution in [0.15, 0.2) is 12.1 Å². The summed E-state index contributed by atoms with van der Waals surface area (Å²) in [6.45, 7) is 6.65. The van der Waals surface area contributed by atoms with Crippen LogP contribution in [0.5, 0.6) is 0 Å². The molecule has 0 amide bonds. The molecular weight excluding hydrogens is 276 g/mol.